The number of hydrogen-bond acceptors (Lipinski definition) is 5. The molecule has 6 aromatic rings. The second kappa shape index (κ2) is 17.2. The number of benzene rings is 5. The van der Waals surface area contributed by atoms with Crippen LogP contribution in [0.2, 0.25) is 0 Å². The molecule has 0 bridgehead atoms. The number of carbonyl (C=O) groups excluding carboxylic acids is 1. The van der Waals surface area contributed by atoms with Gasteiger partial charge in [0.05, 0.1) is 31.5 Å². The van der Waals surface area contributed by atoms with E-state index in [9.17, 15) is 13.2 Å². The van der Waals surface area contributed by atoms with E-state index in [-0.39, 0.29) is 22.9 Å². The number of amides is 1. The maximum Gasteiger partial charge on any atom is 0.273 e. The number of ether oxygens (including phenoxy) is 1. The number of hydrogen-bond donors (Lipinski definition) is 2. The summed E-state index contributed by atoms with van der Waals surface area (Å²) in [6.45, 7) is 0.272. The smallest absolute Gasteiger partial charge is 0.273 e. The van der Waals surface area contributed by atoms with Crippen LogP contribution in [0.1, 0.15) is 36.2 Å². The van der Waals surface area contributed by atoms with Crippen LogP contribution in [0, 0.1) is 0 Å². The molecule has 0 unspecified atom stereocenters. The minimum absolute atomic E-state index is 0.0384. The number of anilines is 2. The zero-order valence-electron chi connectivity index (χ0n) is 28.9. The first-order valence-corrected chi connectivity index (χ1v) is 21.3. The number of sulfonamides is 1. The molecule has 52 heavy (non-hydrogen) atoms. The SMILES string of the molecule is COc1ccc(NC(=O)c2cnc[nH]2)cc1S(=O)(=O)N(CCCCCC[P+](c1ccccc1)(c1ccccc1)c1ccccc1)c1ccc(Br)cc1. The lowest BCUT2D eigenvalue weighted by Crippen LogP contribution is -2.33. The topological polar surface area (TPSA) is 104 Å². The molecule has 1 aromatic heterocycles. The first kappa shape index (κ1) is 37.0. The fraction of sp³-hybridized carbons (Fsp3) is 0.171. The molecule has 0 atom stereocenters. The van der Waals surface area contributed by atoms with E-state index in [0.29, 0.717) is 17.8 Å². The summed E-state index contributed by atoms with van der Waals surface area (Å²) in [7, 11) is -4.62. The minimum atomic E-state index is -4.12. The minimum Gasteiger partial charge on any atom is -0.495 e. The van der Waals surface area contributed by atoms with Crippen LogP contribution in [0.25, 0.3) is 0 Å². The zero-order chi connectivity index (χ0) is 36.4. The van der Waals surface area contributed by atoms with Gasteiger partial charge in [0, 0.05) is 16.7 Å². The Kier molecular flexibility index (Phi) is 12.2. The molecule has 0 radical (unpaired) electrons. The van der Waals surface area contributed by atoms with Gasteiger partial charge in [-0.05, 0) is 98.1 Å². The molecule has 0 saturated heterocycles. The van der Waals surface area contributed by atoms with Crippen LogP contribution in [0.5, 0.6) is 5.75 Å². The molecule has 2 N–H and O–H groups in total. The number of aromatic nitrogens is 2. The van der Waals surface area contributed by atoms with Crippen molar-refractivity contribution in [2.45, 2.75) is 30.6 Å². The number of halogens is 1. The number of unbranched alkanes of at least 4 members (excludes halogenated alkanes) is 3. The molecule has 0 saturated carbocycles. The Bertz CT molecular complexity index is 2060. The third kappa shape index (κ3) is 8.31. The maximum absolute atomic E-state index is 14.5. The van der Waals surface area contributed by atoms with Crippen molar-refractivity contribution in [3.63, 3.8) is 0 Å². The summed E-state index contributed by atoms with van der Waals surface area (Å²) >= 11 is 3.48. The van der Waals surface area contributed by atoms with E-state index in [4.69, 9.17) is 4.74 Å². The van der Waals surface area contributed by atoms with Crippen LogP contribution in [0.15, 0.2) is 155 Å². The highest BCUT2D eigenvalue weighted by atomic mass is 79.9. The lowest BCUT2D eigenvalue weighted by molar-refractivity contribution is 0.102. The third-order valence-electron chi connectivity index (χ3n) is 9.04. The number of carbonyl (C=O) groups is 1. The molecule has 0 aliphatic heterocycles. The number of nitrogens with zero attached hydrogens (tertiary/aromatic N) is 2. The summed E-state index contributed by atoms with van der Waals surface area (Å²) in [4.78, 5) is 19.3. The van der Waals surface area contributed by atoms with Crippen molar-refractivity contribution in [1.82, 2.24) is 9.97 Å². The molecule has 6 rings (SSSR count). The van der Waals surface area contributed by atoms with Crippen LogP contribution in [-0.2, 0) is 10.0 Å². The number of aromatic amines is 1. The summed E-state index contributed by atoms with van der Waals surface area (Å²) in [5.41, 5.74) is 1.11. The van der Waals surface area contributed by atoms with E-state index < -0.39 is 23.2 Å². The quantitative estimate of drug-likeness (QED) is 0.0760. The average molecular weight is 797 g/mol. The fourth-order valence-electron chi connectivity index (χ4n) is 6.49. The van der Waals surface area contributed by atoms with Gasteiger partial charge in [0.15, 0.2) is 0 Å². The highest BCUT2D eigenvalue weighted by Gasteiger charge is 2.44. The summed E-state index contributed by atoms with van der Waals surface area (Å²) in [5, 5.41) is 6.83. The van der Waals surface area contributed by atoms with E-state index in [1.165, 1.54) is 45.9 Å². The monoisotopic (exact) mass is 795 g/mol. The number of methoxy groups -OCH3 is 1. The number of nitrogens with one attached hydrogen (secondary N) is 2. The van der Waals surface area contributed by atoms with Crippen LogP contribution in [0.4, 0.5) is 11.4 Å². The molecule has 266 valence electrons. The number of rotatable bonds is 16. The first-order valence-electron chi connectivity index (χ1n) is 17.1. The van der Waals surface area contributed by atoms with Gasteiger partial charge in [0.25, 0.3) is 15.9 Å². The molecule has 0 aliphatic rings. The predicted octanol–water partition coefficient (Wildman–Crippen LogP) is 8.18. The van der Waals surface area contributed by atoms with Crippen molar-refractivity contribution in [3.05, 3.63) is 156 Å². The van der Waals surface area contributed by atoms with Gasteiger partial charge in [-0.25, -0.2) is 13.4 Å². The van der Waals surface area contributed by atoms with Gasteiger partial charge in [0.1, 0.15) is 39.5 Å². The van der Waals surface area contributed by atoms with E-state index in [2.05, 4.69) is 122 Å². The van der Waals surface area contributed by atoms with Crippen LogP contribution >= 0.6 is 23.2 Å². The van der Waals surface area contributed by atoms with Gasteiger partial charge in [-0.15, -0.1) is 0 Å². The van der Waals surface area contributed by atoms with E-state index in [0.717, 1.165) is 29.9 Å². The van der Waals surface area contributed by atoms with Gasteiger partial charge in [-0.3, -0.25) is 9.10 Å². The molecule has 11 heteroatoms. The van der Waals surface area contributed by atoms with Crippen LogP contribution < -0.4 is 30.3 Å². The molecule has 8 nitrogen and oxygen atoms in total. The van der Waals surface area contributed by atoms with Crippen molar-refractivity contribution in [2.24, 2.45) is 0 Å². The summed E-state index contributed by atoms with van der Waals surface area (Å²) in [6.07, 6.45) is 7.25. The van der Waals surface area contributed by atoms with Crippen molar-refractivity contribution < 1.29 is 17.9 Å². The Hall–Kier alpha value is -4.76. The molecule has 0 fully saturated rings. The lowest BCUT2D eigenvalue weighted by Gasteiger charge is -2.28. The first-order chi connectivity index (χ1) is 25.3. The summed E-state index contributed by atoms with van der Waals surface area (Å²) < 4.78 is 36.8. The van der Waals surface area contributed by atoms with Gasteiger partial charge >= 0.3 is 0 Å². The zero-order valence-corrected chi connectivity index (χ0v) is 32.2. The Morgan fingerprint density at radius 2 is 1.37 bits per heavy atom. The van der Waals surface area contributed by atoms with E-state index in [1.54, 1.807) is 24.3 Å². The molecule has 0 spiro atoms. The van der Waals surface area contributed by atoms with Crippen LogP contribution in [0.3, 0.4) is 0 Å². The molecular weight excluding hydrogens is 755 g/mol. The normalized spacial score (nSPS) is 11.6. The number of imidazole rings is 1. The summed E-state index contributed by atoms with van der Waals surface area (Å²) in [5.74, 6) is -0.251. The molecular formula is C41H41BrN4O4PS+. The predicted molar refractivity (Wildman–Crippen MR) is 217 cm³/mol. The van der Waals surface area contributed by atoms with Crippen molar-refractivity contribution in [2.75, 3.05) is 29.4 Å². The molecule has 5 aromatic carbocycles. The van der Waals surface area contributed by atoms with Crippen molar-refractivity contribution >= 4 is 66.4 Å². The van der Waals surface area contributed by atoms with E-state index >= 15 is 0 Å². The second-order valence-electron chi connectivity index (χ2n) is 12.3. The van der Waals surface area contributed by atoms with Crippen molar-refractivity contribution in [1.29, 1.82) is 0 Å². The fourth-order valence-corrected chi connectivity index (χ4v) is 12.9. The number of H-pyrrole nitrogens is 1. The van der Waals surface area contributed by atoms with Crippen molar-refractivity contribution in [3.8, 4) is 5.75 Å². The molecule has 1 amide bonds. The van der Waals surface area contributed by atoms with E-state index in [1.807, 2.05) is 12.1 Å². The van der Waals surface area contributed by atoms with Gasteiger partial charge in [-0.1, -0.05) is 76.9 Å². The third-order valence-corrected chi connectivity index (χ3v) is 15.9. The average Bonchev–Trinajstić information content (AvgIpc) is 3.73. The Morgan fingerprint density at radius 3 is 1.90 bits per heavy atom. The Morgan fingerprint density at radius 1 is 0.788 bits per heavy atom. The Labute approximate surface area is 314 Å². The second-order valence-corrected chi connectivity index (χ2v) is 18.7. The highest BCUT2D eigenvalue weighted by molar-refractivity contribution is 9.10. The Balaban J connectivity index is 1.21. The van der Waals surface area contributed by atoms with Gasteiger partial charge in [-0.2, -0.15) is 0 Å². The summed E-state index contributed by atoms with van der Waals surface area (Å²) in [6, 6.07) is 44.4. The molecule has 1 heterocycles. The lowest BCUT2D eigenvalue weighted by atomic mass is 10.2. The largest absolute Gasteiger partial charge is 0.495 e. The molecule has 0 aliphatic carbocycles. The highest BCUT2D eigenvalue weighted by Crippen LogP contribution is 2.56. The van der Waals surface area contributed by atoms with Crippen LogP contribution in [-0.4, -0.2) is 44.1 Å². The van der Waals surface area contributed by atoms with Gasteiger partial charge in [0.2, 0.25) is 0 Å². The maximum atomic E-state index is 14.5. The van der Waals surface area contributed by atoms with Gasteiger partial charge < -0.3 is 15.0 Å². The standard InChI is InChI=1S/C41H40BrN4O4PS/c1-50-39-26-23-33(45-41(47)38-30-43-31-44-38)29-40(39)52(48,49)46(34-24-21-32(42)22-25-34)27-13-2-3-14-28-51(35-15-7-4-8-16-35,36-17-9-5-10-18-36)37-19-11-6-12-20-37/h4-12,15-26,29-31H,2-3,13-14,27-28H2,1H3,(H-,43,44,45,47)/p+1.